The minimum Gasteiger partial charge on any atom is -0.589 e. The molecule has 0 saturated carbocycles. The van der Waals surface area contributed by atoms with Gasteiger partial charge in [0.25, 0.3) is 0 Å². The number of pyridine rings is 1. The van der Waals surface area contributed by atoms with Crippen LogP contribution in [0.25, 0.3) is 16.2 Å². The van der Waals surface area contributed by atoms with Crippen LogP contribution in [0.1, 0.15) is 74.3 Å². The second-order valence-electron chi connectivity index (χ2n) is 12.5. The third kappa shape index (κ3) is 9.21. The summed E-state index contributed by atoms with van der Waals surface area (Å²) >= 11 is 1.76. The van der Waals surface area contributed by atoms with Gasteiger partial charge in [-0.1, -0.05) is 47.1 Å². The molecule has 1 radical (unpaired) electrons. The fourth-order valence-electron chi connectivity index (χ4n) is 5.47. The van der Waals surface area contributed by atoms with E-state index in [-0.39, 0.29) is 44.1 Å². The Bertz CT molecular complexity index is 1450. The number of hydrogen-bond acceptors (Lipinski definition) is 6. The summed E-state index contributed by atoms with van der Waals surface area (Å²) in [6.45, 7) is 16.3. The number of hydrogen-bond donors (Lipinski definition) is 3. The topological polar surface area (TPSA) is 124 Å². The van der Waals surface area contributed by atoms with Crippen LogP contribution in [0, 0.1) is 40.4 Å². The Morgan fingerprint density at radius 1 is 1.09 bits per heavy atom. The van der Waals surface area contributed by atoms with Crippen molar-refractivity contribution in [3.63, 3.8) is 0 Å². The van der Waals surface area contributed by atoms with E-state index in [2.05, 4.69) is 66.6 Å². The van der Waals surface area contributed by atoms with Crippen molar-refractivity contribution < 1.29 is 39.2 Å². The number of rotatable bonds is 7. The Morgan fingerprint density at radius 2 is 1.78 bits per heavy atom. The summed E-state index contributed by atoms with van der Waals surface area (Å²) in [5.74, 6) is 2.00. The molecular weight excluding hydrogens is 767 g/mol. The van der Waals surface area contributed by atoms with Gasteiger partial charge in [-0.15, -0.1) is 5.69 Å². The largest absolute Gasteiger partial charge is 0.589 e. The zero-order valence-corrected chi connectivity index (χ0v) is 30.5. The van der Waals surface area contributed by atoms with Crippen LogP contribution in [0.15, 0.2) is 30.5 Å². The van der Waals surface area contributed by atoms with E-state index < -0.39 is 11.7 Å². The van der Waals surface area contributed by atoms with Crippen LogP contribution in [-0.4, -0.2) is 46.0 Å². The van der Waals surface area contributed by atoms with Crippen molar-refractivity contribution in [1.29, 1.82) is 0 Å². The number of fused-ring (bicyclic) bond motifs is 2. The Balaban J connectivity index is 0.000000429. The molecule has 3 atom stereocenters. The molecule has 2 aliphatic rings. The standard InChI is InChI=1S/C24H29N5O4S.C10H15.Ir/c1-24(2,3)33-23(32)28-16-11-10-15(14-7-6-12-25-20(14)16)26-19(30)9-5-4-8-18-21-17(13-34-18)27-22(31)29-21;1-6-7(2)9(4)10(5)8(6)3;/h6-7,10-13,17-18,21H,4-5,8-9H2,1-3H3,(H3-,25,26,27,28,29,30,31,32);1-5H3;/q;-1;/t17-,18-,21-;;/m0../s1. The monoisotopic (exact) mass is 811 g/mol. The van der Waals surface area contributed by atoms with Gasteiger partial charge in [-0.3, -0.25) is 19.9 Å². The third-order valence-electron chi connectivity index (χ3n) is 8.37. The maximum atomic E-state index is 12.6. The third-order valence-corrected chi connectivity index (χ3v) is 9.69. The van der Waals surface area contributed by atoms with Gasteiger partial charge in [0.15, 0.2) is 5.75 Å². The van der Waals surface area contributed by atoms with Crippen LogP contribution in [0.2, 0.25) is 0 Å². The number of nitrogens with zero attached hydrogens (tertiary/aromatic N) is 2. The van der Waals surface area contributed by atoms with Crippen LogP contribution in [0.3, 0.4) is 0 Å². The van der Waals surface area contributed by atoms with Gasteiger partial charge < -0.3 is 20.7 Å². The maximum absolute atomic E-state index is 12.6. The number of anilines is 1. The number of thioether (sulfide) groups is 1. The number of amides is 4. The van der Waals surface area contributed by atoms with E-state index in [1.165, 1.54) is 27.8 Å². The molecule has 9 nitrogen and oxygen atoms in total. The Kier molecular flexibility index (Phi) is 12.5. The summed E-state index contributed by atoms with van der Waals surface area (Å²) in [5.41, 5.74) is 8.23. The molecule has 11 heteroatoms. The molecule has 0 unspecified atom stereocenters. The van der Waals surface area contributed by atoms with Crippen molar-refractivity contribution >= 4 is 52.1 Å². The van der Waals surface area contributed by atoms with Gasteiger partial charge in [0, 0.05) is 38.1 Å². The molecule has 2 fully saturated rings. The van der Waals surface area contributed by atoms with E-state index in [0.29, 0.717) is 33.9 Å². The van der Waals surface area contributed by atoms with Gasteiger partial charge >= 0.3 is 6.03 Å². The van der Waals surface area contributed by atoms with Crippen LogP contribution in [0.4, 0.5) is 21.0 Å². The molecule has 0 spiro atoms. The van der Waals surface area contributed by atoms with E-state index in [9.17, 15) is 14.4 Å². The van der Waals surface area contributed by atoms with E-state index in [0.717, 1.165) is 19.3 Å². The molecule has 45 heavy (non-hydrogen) atoms. The molecule has 2 aliphatic heterocycles. The molecule has 1 aromatic heterocycles. The molecule has 2 aromatic carbocycles. The van der Waals surface area contributed by atoms with E-state index in [4.69, 9.17) is 4.74 Å². The number of carbonyl (C=O) groups is 3. The molecule has 3 N–H and O–H groups in total. The maximum Gasteiger partial charge on any atom is 0.318 e. The predicted molar refractivity (Wildman–Crippen MR) is 179 cm³/mol. The number of unbranched alkanes of at least 4 members (excludes halogenated alkanes) is 1. The summed E-state index contributed by atoms with van der Waals surface area (Å²) < 4.78 is 5.27. The first-order valence-corrected chi connectivity index (χ1v) is 16.1. The van der Waals surface area contributed by atoms with Crippen molar-refractivity contribution in [2.75, 3.05) is 5.32 Å². The first kappa shape index (κ1) is 36.3. The molecule has 5 rings (SSSR count). The molecular formula is C34H44IrN5O4S-. The number of nitrogens with one attached hydrogen (secondary N) is 3. The van der Waals surface area contributed by atoms with Crippen LogP contribution in [0.5, 0.6) is 0 Å². The van der Waals surface area contributed by atoms with E-state index >= 15 is 0 Å². The number of aromatic nitrogens is 1. The van der Waals surface area contributed by atoms with Gasteiger partial charge in [-0.2, -0.15) is 27.8 Å². The van der Waals surface area contributed by atoms with Crippen molar-refractivity contribution in [2.45, 2.75) is 104 Å². The molecule has 3 heterocycles. The van der Waals surface area contributed by atoms with Crippen LogP contribution < -0.4 is 16.0 Å². The summed E-state index contributed by atoms with van der Waals surface area (Å²) in [4.78, 5) is 40.6. The molecule has 2 saturated heterocycles. The molecule has 245 valence electrons. The summed E-state index contributed by atoms with van der Waals surface area (Å²) in [5, 5.41) is 13.9. The first-order valence-electron chi connectivity index (χ1n) is 15.1. The minimum atomic E-state index is -0.687. The fraction of sp³-hybridized carbons (Fsp3) is 0.471. The molecule has 0 bridgehead atoms. The minimum absolute atomic E-state index is 0. The second-order valence-corrected chi connectivity index (χ2v) is 13.7. The van der Waals surface area contributed by atoms with Crippen LogP contribution in [-0.2, 0) is 29.6 Å². The molecule has 0 aliphatic carbocycles. The normalized spacial score (nSPS) is 18.4. The summed E-state index contributed by atoms with van der Waals surface area (Å²) in [6, 6.07) is 7.11. The molecule has 4 amide bonds. The SMILES string of the molecule is CC(C)(C)OC(=O)[N-]c1ccc(NC(=O)CCCC[C@@H]2S[CH+][C@@H]3NC(=O)N[C@@H]32)c2cccnc12.Cc1c(C)c(C)[c-](C)c1C.[Ir]. The Labute approximate surface area is 284 Å². The van der Waals surface area contributed by atoms with Crippen molar-refractivity contribution in [3.8, 4) is 0 Å². The van der Waals surface area contributed by atoms with Crippen molar-refractivity contribution in [2.24, 2.45) is 0 Å². The van der Waals surface area contributed by atoms with Crippen molar-refractivity contribution in [3.05, 3.63) is 69.3 Å². The fourth-order valence-corrected chi connectivity index (χ4v) is 6.79. The Hall–Kier alpha value is -3.14. The predicted octanol–water partition coefficient (Wildman–Crippen LogP) is 7.95. The van der Waals surface area contributed by atoms with E-state index in [1.807, 2.05) is 6.07 Å². The van der Waals surface area contributed by atoms with Gasteiger partial charge in [-0.25, -0.2) is 4.79 Å². The average Bonchev–Trinajstić information content (AvgIpc) is 3.57. The second kappa shape index (κ2) is 15.4. The average molecular weight is 811 g/mol. The van der Waals surface area contributed by atoms with E-state index in [1.54, 1.807) is 56.9 Å². The first-order chi connectivity index (χ1) is 20.7. The van der Waals surface area contributed by atoms with Crippen LogP contribution >= 0.6 is 11.8 Å². The summed E-state index contributed by atoms with van der Waals surface area (Å²) in [7, 11) is 0. The van der Waals surface area contributed by atoms with Crippen molar-refractivity contribution in [1.82, 2.24) is 15.6 Å². The number of urea groups is 1. The smallest absolute Gasteiger partial charge is 0.318 e. The van der Waals surface area contributed by atoms with Gasteiger partial charge in [0.1, 0.15) is 11.6 Å². The zero-order chi connectivity index (χ0) is 32.2. The zero-order valence-electron chi connectivity index (χ0n) is 27.3. The summed E-state index contributed by atoms with van der Waals surface area (Å²) in [6.07, 6.45) is 3.91. The Morgan fingerprint density at radius 3 is 2.40 bits per heavy atom. The number of ether oxygens (including phenoxy) is 1. The number of benzene rings is 1. The quantitative estimate of drug-likeness (QED) is 0.127. The number of carbonyl (C=O) groups excluding carboxylic acids is 3. The molecule has 3 aromatic rings. The van der Waals surface area contributed by atoms with Gasteiger partial charge in [0.05, 0.1) is 28.2 Å². The van der Waals surface area contributed by atoms with Gasteiger partial charge in [-0.05, 0) is 51.8 Å². The van der Waals surface area contributed by atoms with Gasteiger partial charge in [0.2, 0.25) is 18.0 Å².